The van der Waals surface area contributed by atoms with Gasteiger partial charge in [-0.2, -0.15) is 0 Å². The molecule has 2 saturated carbocycles. The van der Waals surface area contributed by atoms with Gasteiger partial charge in [0, 0.05) is 9.30 Å². The highest BCUT2D eigenvalue weighted by atomic mass is 127. The van der Waals surface area contributed by atoms with Gasteiger partial charge in [-0.1, -0.05) is 22.6 Å². The van der Waals surface area contributed by atoms with Crippen LogP contribution in [-0.4, -0.2) is 9.30 Å². The van der Waals surface area contributed by atoms with E-state index in [1.165, 1.54) is 51.4 Å². The highest BCUT2D eigenvalue weighted by Crippen LogP contribution is 2.40. The van der Waals surface area contributed by atoms with Crippen molar-refractivity contribution in [3.8, 4) is 0 Å². The second-order valence-electron chi connectivity index (χ2n) is 5.02. The lowest BCUT2D eigenvalue weighted by molar-refractivity contribution is 0.202. The minimum absolute atomic E-state index is 0.493. The summed E-state index contributed by atoms with van der Waals surface area (Å²) in [6, 6.07) is 0. The Morgan fingerprint density at radius 2 is 1.14 bits per heavy atom. The third kappa shape index (κ3) is 3.01. The maximum Gasteiger partial charge on any atom is 0.0336 e. The Bertz CT molecular complexity index is 147. The van der Waals surface area contributed by atoms with Crippen molar-refractivity contribution in [2.75, 3.05) is 0 Å². The van der Waals surface area contributed by atoms with Gasteiger partial charge in [0.1, 0.15) is 0 Å². The molecule has 2 rings (SSSR count). The molecule has 0 spiro atoms. The number of hydrogen-bond acceptors (Lipinski definition) is 0. The van der Waals surface area contributed by atoms with Gasteiger partial charge in [-0.05, 0) is 63.2 Å². The normalized spacial score (nSPS) is 45.0. The van der Waals surface area contributed by atoms with Crippen LogP contribution in [0.3, 0.4) is 0 Å². The molecular formula is C12H20ClI. The zero-order valence-electron chi connectivity index (χ0n) is 8.72. The van der Waals surface area contributed by atoms with Crippen molar-refractivity contribution in [2.45, 2.75) is 60.7 Å². The number of halogens is 2. The summed E-state index contributed by atoms with van der Waals surface area (Å²) >= 11 is 8.76. The Labute approximate surface area is 106 Å². The van der Waals surface area contributed by atoms with E-state index in [4.69, 9.17) is 11.6 Å². The molecule has 0 aromatic rings. The van der Waals surface area contributed by atoms with Gasteiger partial charge in [0.15, 0.2) is 0 Å². The maximum absolute atomic E-state index is 6.14. The molecule has 0 aromatic heterocycles. The van der Waals surface area contributed by atoms with Gasteiger partial charge in [-0.25, -0.2) is 0 Å². The largest absolute Gasteiger partial charge is 0.123 e. The first-order valence-corrected chi connectivity index (χ1v) is 7.72. The summed E-state index contributed by atoms with van der Waals surface area (Å²) in [5, 5.41) is 0.493. The molecule has 0 bridgehead atoms. The zero-order chi connectivity index (χ0) is 9.97. The molecule has 14 heavy (non-hydrogen) atoms. The summed E-state index contributed by atoms with van der Waals surface area (Å²) in [4.78, 5) is 0. The predicted molar refractivity (Wildman–Crippen MR) is 71.4 cm³/mol. The van der Waals surface area contributed by atoms with Crippen molar-refractivity contribution in [3.05, 3.63) is 0 Å². The van der Waals surface area contributed by atoms with E-state index < -0.39 is 0 Å². The number of hydrogen-bond donors (Lipinski definition) is 0. The SMILES string of the molecule is ClC1CCC(C2CCC(I)CC2)CC1. The summed E-state index contributed by atoms with van der Waals surface area (Å²) in [6.45, 7) is 0. The third-order valence-corrected chi connectivity index (χ3v) is 5.75. The summed E-state index contributed by atoms with van der Waals surface area (Å²) < 4.78 is 0.966. The summed E-state index contributed by atoms with van der Waals surface area (Å²) in [5.74, 6) is 2.07. The lowest BCUT2D eigenvalue weighted by Gasteiger charge is -2.35. The first-order valence-electron chi connectivity index (χ1n) is 6.04. The fourth-order valence-electron chi connectivity index (χ4n) is 3.10. The average Bonchev–Trinajstić information content (AvgIpc) is 2.21. The molecule has 0 atom stereocenters. The molecule has 0 radical (unpaired) electrons. The van der Waals surface area contributed by atoms with Crippen molar-refractivity contribution < 1.29 is 0 Å². The number of rotatable bonds is 1. The van der Waals surface area contributed by atoms with E-state index in [9.17, 15) is 0 Å². The molecule has 0 amide bonds. The van der Waals surface area contributed by atoms with E-state index in [1.54, 1.807) is 0 Å². The second kappa shape index (κ2) is 5.38. The molecule has 82 valence electrons. The standard InChI is InChI=1S/C12H20ClI/c13-11-5-1-9(2-6-11)10-3-7-12(14)8-4-10/h9-12H,1-8H2. The molecule has 0 saturated heterocycles. The van der Waals surface area contributed by atoms with Crippen LogP contribution in [0.4, 0.5) is 0 Å². The van der Waals surface area contributed by atoms with Gasteiger partial charge in [-0.3, -0.25) is 0 Å². The van der Waals surface area contributed by atoms with Crippen LogP contribution < -0.4 is 0 Å². The van der Waals surface area contributed by atoms with Crippen LogP contribution in [0.2, 0.25) is 0 Å². The Hall–Kier alpha value is 1.02. The van der Waals surface area contributed by atoms with Crippen LogP contribution in [0.25, 0.3) is 0 Å². The molecule has 0 N–H and O–H groups in total. The average molecular weight is 327 g/mol. The Kier molecular flexibility index (Phi) is 4.42. The Morgan fingerprint density at radius 3 is 1.64 bits per heavy atom. The van der Waals surface area contributed by atoms with Crippen molar-refractivity contribution in [1.82, 2.24) is 0 Å². The van der Waals surface area contributed by atoms with E-state index in [1.807, 2.05) is 0 Å². The van der Waals surface area contributed by atoms with Crippen LogP contribution in [-0.2, 0) is 0 Å². The molecule has 0 nitrogen and oxygen atoms in total. The molecule has 2 aliphatic rings. The summed E-state index contributed by atoms with van der Waals surface area (Å²) in [7, 11) is 0. The minimum atomic E-state index is 0.493. The fourth-order valence-corrected chi connectivity index (χ4v) is 4.07. The summed E-state index contributed by atoms with van der Waals surface area (Å²) in [6.07, 6.45) is 11.3. The van der Waals surface area contributed by atoms with Gasteiger partial charge in [0.05, 0.1) is 0 Å². The third-order valence-electron chi connectivity index (χ3n) is 4.07. The molecule has 2 aliphatic carbocycles. The van der Waals surface area contributed by atoms with Gasteiger partial charge in [0.2, 0.25) is 0 Å². The monoisotopic (exact) mass is 326 g/mol. The van der Waals surface area contributed by atoms with E-state index in [0.29, 0.717) is 5.38 Å². The van der Waals surface area contributed by atoms with Gasteiger partial charge in [-0.15, -0.1) is 11.6 Å². The molecular weight excluding hydrogens is 306 g/mol. The first kappa shape index (κ1) is 11.5. The van der Waals surface area contributed by atoms with Crippen molar-refractivity contribution in [2.24, 2.45) is 11.8 Å². The predicted octanol–water partition coefficient (Wildman–Crippen LogP) is 4.78. The highest BCUT2D eigenvalue weighted by Gasteiger charge is 2.29. The van der Waals surface area contributed by atoms with Crippen LogP contribution >= 0.6 is 34.2 Å². The Balaban J connectivity index is 1.78. The molecule has 2 fully saturated rings. The number of alkyl halides is 2. The molecule has 0 unspecified atom stereocenters. The van der Waals surface area contributed by atoms with E-state index >= 15 is 0 Å². The van der Waals surface area contributed by atoms with Gasteiger partial charge in [0.25, 0.3) is 0 Å². The topological polar surface area (TPSA) is 0 Å². The first-order chi connectivity index (χ1) is 6.75. The molecule has 0 aliphatic heterocycles. The van der Waals surface area contributed by atoms with E-state index in [2.05, 4.69) is 22.6 Å². The zero-order valence-corrected chi connectivity index (χ0v) is 11.6. The minimum Gasteiger partial charge on any atom is -0.123 e. The quantitative estimate of drug-likeness (QED) is 0.480. The lowest BCUT2D eigenvalue weighted by Crippen LogP contribution is -2.25. The highest BCUT2D eigenvalue weighted by molar-refractivity contribution is 14.1. The second-order valence-corrected chi connectivity index (χ2v) is 7.40. The molecule has 0 aromatic carbocycles. The van der Waals surface area contributed by atoms with Gasteiger partial charge < -0.3 is 0 Å². The van der Waals surface area contributed by atoms with Crippen molar-refractivity contribution >= 4 is 34.2 Å². The molecule has 0 heterocycles. The smallest absolute Gasteiger partial charge is 0.0336 e. The van der Waals surface area contributed by atoms with Crippen LogP contribution in [0.15, 0.2) is 0 Å². The Morgan fingerprint density at radius 1 is 0.714 bits per heavy atom. The van der Waals surface area contributed by atoms with E-state index in [-0.39, 0.29) is 0 Å². The van der Waals surface area contributed by atoms with Gasteiger partial charge >= 0.3 is 0 Å². The lowest BCUT2D eigenvalue weighted by atomic mass is 9.73. The van der Waals surface area contributed by atoms with Crippen LogP contribution in [0.5, 0.6) is 0 Å². The maximum atomic E-state index is 6.14. The van der Waals surface area contributed by atoms with Crippen molar-refractivity contribution in [1.29, 1.82) is 0 Å². The van der Waals surface area contributed by atoms with E-state index in [0.717, 1.165) is 15.8 Å². The van der Waals surface area contributed by atoms with Crippen LogP contribution in [0.1, 0.15) is 51.4 Å². The summed E-state index contributed by atoms with van der Waals surface area (Å²) in [5.41, 5.74) is 0. The molecule has 2 heteroatoms. The fraction of sp³-hybridized carbons (Fsp3) is 1.00. The van der Waals surface area contributed by atoms with Crippen molar-refractivity contribution in [3.63, 3.8) is 0 Å². The van der Waals surface area contributed by atoms with Crippen LogP contribution in [0, 0.1) is 11.8 Å².